The van der Waals surface area contributed by atoms with Gasteiger partial charge in [-0.15, -0.1) is 0 Å². The van der Waals surface area contributed by atoms with Crippen molar-refractivity contribution >= 4 is 55.9 Å². The van der Waals surface area contributed by atoms with Gasteiger partial charge in [-0.1, -0.05) is 23.2 Å². The molecule has 1 saturated heterocycles. The predicted octanol–water partition coefficient (Wildman–Crippen LogP) is 2.42. The Balaban J connectivity index is 1.57. The molecule has 1 N–H and O–H groups in total. The van der Waals surface area contributed by atoms with Gasteiger partial charge >= 0.3 is 0 Å². The number of nitrogens with one attached hydrogen (secondary N) is 1. The molecule has 0 saturated carbocycles. The quantitative estimate of drug-likeness (QED) is 0.683. The first-order valence-corrected chi connectivity index (χ1v) is 10.8. The predicted molar refractivity (Wildman–Crippen MR) is 104 cm³/mol. The molecule has 144 valence electrons. The van der Waals surface area contributed by atoms with Crippen LogP contribution >= 0.6 is 23.2 Å². The maximum atomic E-state index is 11.7. The minimum atomic E-state index is -3.21. The molecule has 1 atom stereocenters. The SMILES string of the molecule is Cn1cc(Cl)c2cnc(Nc3cn([C@@H]4CCN(S(C)(=O)=O)C4)nc3Cl)nc21. The molecule has 0 aliphatic carbocycles. The maximum absolute atomic E-state index is 11.7. The van der Waals surface area contributed by atoms with Gasteiger partial charge in [-0.2, -0.15) is 14.4 Å². The lowest BCUT2D eigenvalue weighted by Crippen LogP contribution is -2.28. The molecule has 0 amide bonds. The average molecular weight is 430 g/mol. The number of rotatable bonds is 4. The summed E-state index contributed by atoms with van der Waals surface area (Å²) in [6.07, 6.45) is 7.04. The zero-order chi connectivity index (χ0) is 19.3. The Morgan fingerprint density at radius 1 is 1.30 bits per heavy atom. The van der Waals surface area contributed by atoms with Crippen LogP contribution in [0.5, 0.6) is 0 Å². The van der Waals surface area contributed by atoms with E-state index in [0.717, 1.165) is 5.39 Å². The van der Waals surface area contributed by atoms with Gasteiger partial charge in [-0.25, -0.2) is 13.4 Å². The molecule has 3 aromatic rings. The summed E-state index contributed by atoms with van der Waals surface area (Å²) < 4.78 is 28.3. The van der Waals surface area contributed by atoms with Crippen LogP contribution in [-0.2, 0) is 17.1 Å². The smallest absolute Gasteiger partial charge is 0.229 e. The zero-order valence-corrected chi connectivity index (χ0v) is 16.9. The summed E-state index contributed by atoms with van der Waals surface area (Å²) in [6, 6.07) is -0.0668. The van der Waals surface area contributed by atoms with Crippen LogP contribution < -0.4 is 5.32 Å². The van der Waals surface area contributed by atoms with E-state index in [0.29, 0.717) is 41.8 Å². The van der Waals surface area contributed by atoms with Crippen LogP contribution in [0.4, 0.5) is 11.6 Å². The Morgan fingerprint density at radius 3 is 2.78 bits per heavy atom. The Morgan fingerprint density at radius 2 is 2.07 bits per heavy atom. The molecule has 27 heavy (non-hydrogen) atoms. The molecule has 0 bridgehead atoms. The van der Waals surface area contributed by atoms with Crippen molar-refractivity contribution in [2.24, 2.45) is 7.05 Å². The topological polar surface area (TPSA) is 97.9 Å². The summed E-state index contributed by atoms with van der Waals surface area (Å²) in [7, 11) is -1.36. The first kappa shape index (κ1) is 18.5. The van der Waals surface area contributed by atoms with Gasteiger partial charge in [-0.05, 0) is 6.42 Å². The van der Waals surface area contributed by atoms with Crippen LogP contribution in [-0.4, -0.2) is 56.4 Å². The van der Waals surface area contributed by atoms with E-state index in [1.165, 1.54) is 10.6 Å². The highest BCUT2D eigenvalue weighted by molar-refractivity contribution is 7.88. The third-order valence-electron chi connectivity index (χ3n) is 4.57. The van der Waals surface area contributed by atoms with Gasteiger partial charge in [0.05, 0.1) is 34.6 Å². The average Bonchev–Trinajstić information content (AvgIpc) is 3.27. The van der Waals surface area contributed by atoms with Crippen molar-refractivity contribution in [1.82, 2.24) is 28.6 Å². The number of fused-ring (bicyclic) bond motifs is 1. The number of aromatic nitrogens is 5. The number of nitrogens with zero attached hydrogens (tertiary/aromatic N) is 6. The largest absolute Gasteiger partial charge is 0.334 e. The number of hydrogen-bond acceptors (Lipinski definition) is 6. The molecule has 9 nitrogen and oxygen atoms in total. The van der Waals surface area contributed by atoms with E-state index in [9.17, 15) is 8.42 Å². The molecular weight excluding hydrogens is 413 g/mol. The number of aryl methyl sites for hydroxylation is 1. The first-order valence-electron chi connectivity index (χ1n) is 8.17. The van der Waals surface area contributed by atoms with E-state index in [-0.39, 0.29) is 11.2 Å². The van der Waals surface area contributed by atoms with Crippen LogP contribution in [0.2, 0.25) is 10.2 Å². The van der Waals surface area contributed by atoms with E-state index in [1.807, 2.05) is 11.6 Å². The Kier molecular flexibility index (Phi) is 4.53. The molecule has 4 heterocycles. The minimum Gasteiger partial charge on any atom is -0.334 e. The third-order valence-corrected chi connectivity index (χ3v) is 6.42. The monoisotopic (exact) mass is 429 g/mol. The summed E-state index contributed by atoms with van der Waals surface area (Å²) in [5, 5.41) is 8.98. The van der Waals surface area contributed by atoms with E-state index in [2.05, 4.69) is 20.4 Å². The molecule has 12 heteroatoms. The lowest BCUT2D eigenvalue weighted by molar-refractivity contribution is 0.437. The van der Waals surface area contributed by atoms with E-state index in [1.54, 1.807) is 23.3 Å². The molecular formula is C15H17Cl2N7O2S. The van der Waals surface area contributed by atoms with E-state index in [4.69, 9.17) is 23.2 Å². The molecule has 1 aliphatic rings. The molecule has 0 aromatic carbocycles. The normalized spacial score (nSPS) is 18.4. The fraction of sp³-hybridized carbons (Fsp3) is 0.400. The Hall–Kier alpha value is -1.88. The highest BCUT2D eigenvalue weighted by Crippen LogP contribution is 2.30. The van der Waals surface area contributed by atoms with Crippen molar-refractivity contribution in [2.75, 3.05) is 24.7 Å². The molecule has 1 aliphatic heterocycles. The number of anilines is 2. The van der Waals surface area contributed by atoms with Crippen LogP contribution in [0.25, 0.3) is 11.0 Å². The first-order chi connectivity index (χ1) is 12.7. The highest BCUT2D eigenvalue weighted by atomic mass is 35.5. The van der Waals surface area contributed by atoms with Crippen molar-refractivity contribution in [2.45, 2.75) is 12.5 Å². The van der Waals surface area contributed by atoms with E-state index < -0.39 is 10.0 Å². The number of sulfonamides is 1. The molecule has 0 radical (unpaired) electrons. The van der Waals surface area contributed by atoms with Crippen LogP contribution in [0.15, 0.2) is 18.6 Å². The van der Waals surface area contributed by atoms with Gasteiger partial charge in [-0.3, -0.25) is 4.68 Å². The summed E-state index contributed by atoms with van der Waals surface area (Å²) in [6.45, 7) is 0.846. The van der Waals surface area contributed by atoms with Gasteiger partial charge in [0.2, 0.25) is 16.0 Å². The fourth-order valence-corrected chi connectivity index (χ4v) is 4.50. The van der Waals surface area contributed by atoms with Crippen LogP contribution in [0.1, 0.15) is 12.5 Å². The van der Waals surface area contributed by atoms with Gasteiger partial charge in [0.25, 0.3) is 0 Å². The van der Waals surface area contributed by atoms with Crippen molar-refractivity contribution in [3.8, 4) is 0 Å². The number of hydrogen-bond donors (Lipinski definition) is 1. The molecule has 1 fully saturated rings. The lowest BCUT2D eigenvalue weighted by atomic mass is 10.3. The fourth-order valence-electron chi connectivity index (χ4n) is 3.16. The van der Waals surface area contributed by atoms with Crippen molar-refractivity contribution in [1.29, 1.82) is 0 Å². The van der Waals surface area contributed by atoms with Crippen molar-refractivity contribution < 1.29 is 8.42 Å². The van der Waals surface area contributed by atoms with Gasteiger partial charge in [0.15, 0.2) is 5.15 Å². The second-order valence-electron chi connectivity index (χ2n) is 6.52. The lowest BCUT2D eigenvalue weighted by Gasteiger charge is -2.13. The van der Waals surface area contributed by atoms with Gasteiger partial charge in [0.1, 0.15) is 5.65 Å². The second kappa shape index (κ2) is 6.62. The highest BCUT2D eigenvalue weighted by Gasteiger charge is 2.30. The van der Waals surface area contributed by atoms with Crippen LogP contribution in [0.3, 0.4) is 0 Å². The van der Waals surface area contributed by atoms with Crippen LogP contribution in [0, 0.1) is 0 Å². The summed E-state index contributed by atoms with van der Waals surface area (Å²) in [5.41, 5.74) is 1.25. The molecule has 3 aromatic heterocycles. The zero-order valence-electron chi connectivity index (χ0n) is 14.6. The van der Waals surface area contributed by atoms with Gasteiger partial charge < -0.3 is 9.88 Å². The second-order valence-corrected chi connectivity index (χ2v) is 9.27. The Labute approximate surface area is 165 Å². The Bertz CT molecular complexity index is 1120. The number of halogens is 2. The van der Waals surface area contributed by atoms with E-state index >= 15 is 0 Å². The third kappa shape index (κ3) is 3.49. The summed E-state index contributed by atoms with van der Waals surface area (Å²) >= 11 is 12.4. The summed E-state index contributed by atoms with van der Waals surface area (Å²) in [4.78, 5) is 8.72. The molecule has 4 rings (SSSR count). The van der Waals surface area contributed by atoms with Crippen molar-refractivity contribution in [3.05, 3.63) is 28.8 Å². The summed E-state index contributed by atoms with van der Waals surface area (Å²) in [5.74, 6) is 0.367. The minimum absolute atomic E-state index is 0.0668. The molecule has 0 unspecified atom stereocenters. The van der Waals surface area contributed by atoms with Crippen molar-refractivity contribution in [3.63, 3.8) is 0 Å². The molecule has 0 spiro atoms. The standard InChI is InChI=1S/C15H17Cl2N7O2S/c1-22-7-11(16)10-5-18-15(20-14(10)22)19-12-8-24(21-13(12)17)9-3-4-23(6-9)27(2,25)26/h5,7-9H,3-4,6H2,1-2H3,(H,18,19,20)/t9-/m1/s1. The van der Waals surface area contributed by atoms with Gasteiger partial charge in [0, 0.05) is 32.5 Å². The maximum Gasteiger partial charge on any atom is 0.229 e.